The number of benzene rings is 1. The Morgan fingerprint density at radius 1 is 1.28 bits per heavy atom. The van der Waals surface area contributed by atoms with E-state index in [9.17, 15) is 4.79 Å². The number of amides is 1. The first-order chi connectivity index (χ1) is 11.4. The van der Waals surface area contributed by atoms with Crippen molar-refractivity contribution in [2.24, 2.45) is 10.7 Å². The topological polar surface area (TPSA) is 79.9 Å². The van der Waals surface area contributed by atoms with E-state index in [1.807, 2.05) is 56.0 Å². The van der Waals surface area contributed by atoms with Crippen molar-refractivity contribution < 1.29 is 9.53 Å². The molecule has 0 aromatic heterocycles. The van der Waals surface area contributed by atoms with Crippen LogP contribution >= 0.6 is 24.0 Å². The largest absolute Gasteiger partial charge is 0.378 e. The quantitative estimate of drug-likeness (QED) is 0.409. The van der Waals surface area contributed by atoms with Crippen molar-refractivity contribution in [3.8, 4) is 0 Å². The van der Waals surface area contributed by atoms with Crippen LogP contribution in [0.15, 0.2) is 35.3 Å². The third kappa shape index (κ3) is 7.19. The molecule has 0 saturated carbocycles. The zero-order chi connectivity index (χ0) is 17.6. The highest BCUT2D eigenvalue weighted by molar-refractivity contribution is 14.0. The molecule has 0 bridgehead atoms. The SMILES string of the molecule is CC(C)(C)NC(N)=NCC(C(=O)N1CCOCC1)c1ccccc1.I. The monoisotopic (exact) mass is 460 g/mol. The van der Waals surface area contributed by atoms with E-state index in [4.69, 9.17) is 10.5 Å². The first-order valence-electron chi connectivity index (χ1n) is 8.36. The first kappa shape index (κ1) is 21.7. The second-order valence-corrected chi connectivity index (χ2v) is 7.00. The zero-order valence-corrected chi connectivity index (χ0v) is 17.5. The Hall–Kier alpha value is -1.35. The van der Waals surface area contributed by atoms with Gasteiger partial charge >= 0.3 is 0 Å². The molecule has 1 heterocycles. The third-order valence-electron chi connectivity index (χ3n) is 3.77. The highest BCUT2D eigenvalue weighted by Gasteiger charge is 2.27. The molecule has 1 saturated heterocycles. The molecule has 1 aliphatic heterocycles. The molecule has 0 aliphatic carbocycles. The summed E-state index contributed by atoms with van der Waals surface area (Å²) in [6, 6.07) is 9.75. The fraction of sp³-hybridized carbons (Fsp3) is 0.556. The highest BCUT2D eigenvalue weighted by Crippen LogP contribution is 2.20. The lowest BCUT2D eigenvalue weighted by Crippen LogP contribution is -2.46. The van der Waals surface area contributed by atoms with Crippen LogP contribution in [-0.2, 0) is 9.53 Å². The van der Waals surface area contributed by atoms with Gasteiger partial charge in [-0.15, -0.1) is 24.0 Å². The van der Waals surface area contributed by atoms with Crippen LogP contribution in [0.3, 0.4) is 0 Å². The lowest BCUT2D eigenvalue weighted by Gasteiger charge is -2.30. The Balaban J connectivity index is 0.00000312. The van der Waals surface area contributed by atoms with Gasteiger partial charge in [0.15, 0.2) is 5.96 Å². The second-order valence-electron chi connectivity index (χ2n) is 7.00. The number of ether oxygens (including phenoxy) is 1. The van der Waals surface area contributed by atoms with Crippen molar-refractivity contribution in [2.75, 3.05) is 32.8 Å². The molecule has 1 fully saturated rings. The summed E-state index contributed by atoms with van der Waals surface area (Å²) in [7, 11) is 0. The molecule has 25 heavy (non-hydrogen) atoms. The zero-order valence-electron chi connectivity index (χ0n) is 15.2. The van der Waals surface area contributed by atoms with Crippen LogP contribution in [-0.4, -0.2) is 55.2 Å². The van der Waals surface area contributed by atoms with Gasteiger partial charge in [0.25, 0.3) is 0 Å². The van der Waals surface area contributed by atoms with E-state index in [2.05, 4.69) is 10.3 Å². The smallest absolute Gasteiger partial charge is 0.232 e. The maximum Gasteiger partial charge on any atom is 0.232 e. The molecule has 1 aromatic carbocycles. The summed E-state index contributed by atoms with van der Waals surface area (Å²) in [5.74, 6) is 0.111. The van der Waals surface area contributed by atoms with Gasteiger partial charge in [0.05, 0.1) is 25.7 Å². The van der Waals surface area contributed by atoms with Crippen molar-refractivity contribution in [2.45, 2.75) is 32.2 Å². The van der Waals surface area contributed by atoms with Gasteiger partial charge in [-0.2, -0.15) is 0 Å². The van der Waals surface area contributed by atoms with Crippen LogP contribution in [0, 0.1) is 0 Å². The molecule has 6 nitrogen and oxygen atoms in total. The van der Waals surface area contributed by atoms with Gasteiger partial charge in [-0.1, -0.05) is 30.3 Å². The van der Waals surface area contributed by atoms with E-state index >= 15 is 0 Å². The molecule has 7 heteroatoms. The van der Waals surface area contributed by atoms with Gasteiger partial charge in [-0.25, -0.2) is 0 Å². The van der Waals surface area contributed by atoms with Crippen molar-refractivity contribution in [1.29, 1.82) is 0 Å². The second kappa shape index (κ2) is 9.96. The Morgan fingerprint density at radius 2 is 1.88 bits per heavy atom. The molecule has 1 aromatic rings. The number of carbonyl (C=O) groups excluding carboxylic acids is 1. The summed E-state index contributed by atoms with van der Waals surface area (Å²) in [5, 5.41) is 3.13. The molecule has 0 spiro atoms. The average molecular weight is 460 g/mol. The van der Waals surface area contributed by atoms with E-state index in [1.165, 1.54) is 0 Å². The van der Waals surface area contributed by atoms with Crippen molar-refractivity contribution in [3.05, 3.63) is 35.9 Å². The highest BCUT2D eigenvalue weighted by atomic mass is 127. The predicted molar refractivity (Wildman–Crippen MR) is 111 cm³/mol. The number of nitrogens with two attached hydrogens (primary N) is 1. The average Bonchev–Trinajstić information content (AvgIpc) is 2.55. The Bertz CT molecular complexity index is 566. The van der Waals surface area contributed by atoms with Crippen LogP contribution in [0.4, 0.5) is 0 Å². The first-order valence-corrected chi connectivity index (χ1v) is 8.36. The number of carbonyl (C=O) groups is 1. The van der Waals surface area contributed by atoms with E-state index in [1.54, 1.807) is 0 Å². The molecule has 1 unspecified atom stereocenters. The number of guanidine groups is 1. The number of nitrogens with one attached hydrogen (secondary N) is 1. The number of hydrogen-bond acceptors (Lipinski definition) is 3. The fourth-order valence-electron chi connectivity index (χ4n) is 2.63. The number of hydrogen-bond donors (Lipinski definition) is 2. The maximum atomic E-state index is 12.9. The number of rotatable bonds is 4. The van der Waals surface area contributed by atoms with Gasteiger partial charge < -0.3 is 20.7 Å². The van der Waals surface area contributed by atoms with Crippen LogP contribution < -0.4 is 11.1 Å². The normalized spacial score (nSPS) is 16.8. The molecule has 3 N–H and O–H groups in total. The number of aliphatic imine (C=N–C) groups is 1. The van der Waals surface area contributed by atoms with Crippen molar-refractivity contribution in [3.63, 3.8) is 0 Å². The lowest BCUT2D eigenvalue weighted by molar-refractivity contribution is -0.136. The minimum atomic E-state index is -0.329. The van der Waals surface area contributed by atoms with E-state index in [0.29, 0.717) is 38.8 Å². The van der Waals surface area contributed by atoms with Crippen LogP contribution in [0.1, 0.15) is 32.3 Å². The van der Waals surface area contributed by atoms with Gasteiger partial charge in [-0.05, 0) is 26.3 Å². The Morgan fingerprint density at radius 3 is 2.44 bits per heavy atom. The maximum absolute atomic E-state index is 12.9. The molecule has 1 amide bonds. The number of halogens is 1. The van der Waals surface area contributed by atoms with Crippen LogP contribution in [0.25, 0.3) is 0 Å². The molecule has 0 radical (unpaired) electrons. The van der Waals surface area contributed by atoms with Crippen LogP contribution in [0.2, 0.25) is 0 Å². The summed E-state index contributed by atoms with van der Waals surface area (Å²) in [6.07, 6.45) is 0. The van der Waals surface area contributed by atoms with Gasteiger partial charge in [-0.3, -0.25) is 9.79 Å². The van der Waals surface area contributed by atoms with Crippen molar-refractivity contribution >= 4 is 35.8 Å². The number of morpholine rings is 1. The van der Waals surface area contributed by atoms with Crippen molar-refractivity contribution in [1.82, 2.24) is 10.2 Å². The Kier molecular flexibility index (Phi) is 8.64. The van der Waals surface area contributed by atoms with E-state index < -0.39 is 0 Å². The standard InChI is InChI=1S/C18H28N4O2.HI/c1-18(2,3)21-17(19)20-13-15(14-7-5-4-6-8-14)16(23)22-9-11-24-12-10-22;/h4-8,15H,9-13H2,1-3H3,(H3,19,20,21);1H. The summed E-state index contributed by atoms with van der Waals surface area (Å²) < 4.78 is 5.34. The Labute approximate surface area is 167 Å². The summed E-state index contributed by atoms with van der Waals surface area (Å²) in [5.41, 5.74) is 6.76. The molecule has 2 rings (SSSR count). The third-order valence-corrected chi connectivity index (χ3v) is 3.77. The molecule has 1 atom stereocenters. The minimum absolute atomic E-state index is 0. The predicted octanol–water partition coefficient (Wildman–Crippen LogP) is 1.95. The molecule has 140 valence electrons. The summed E-state index contributed by atoms with van der Waals surface area (Å²) >= 11 is 0. The van der Waals surface area contributed by atoms with Gasteiger partial charge in [0.2, 0.25) is 5.91 Å². The molecular weight excluding hydrogens is 431 g/mol. The molecular formula is C18H29IN4O2. The van der Waals surface area contributed by atoms with Gasteiger partial charge in [0, 0.05) is 18.6 Å². The van der Waals surface area contributed by atoms with E-state index in [-0.39, 0.29) is 41.3 Å². The minimum Gasteiger partial charge on any atom is -0.378 e. The van der Waals surface area contributed by atoms with Crippen LogP contribution in [0.5, 0.6) is 0 Å². The summed E-state index contributed by atoms with van der Waals surface area (Å²) in [6.45, 7) is 8.81. The van der Waals surface area contributed by atoms with E-state index in [0.717, 1.165) is 5.56 Å². The summed E-state index contributed by atoms with van der Waals surface area (Å²) in [4.78, 5) is 19.2. The lowest BCUT2D eigenvalue weighted by atomic mass is 9.97. The number of nitrogens with zero attached hydrogens (tertiary/aromatic N) is 2. The van der Waals surface area contributed by atoms with Gasteiger partial charge in [0.1, 0.15) is 0 Å². The molecule has 1 aliphatic rings. The fourth-order valence-corrected chi connectivity index (χ4v) is 2.63.